The fourth-order valence-electron chi connectivity index (χ4n) is 1.91. The zero-order valence-corrected chi connectivity index (χ0v) is 9.76. The Labute approximate surface area is 100 Å². The van der Waals surface area contributed by atoms with E-state index in [4.69, 9.17) is 0 Å². The lowest BCUT2D eigenvalue weighted by Gasteiger charge is -2.08. The highest BCUT2D eigenvalue weighted by Crippen LogP contribution is 2.24. The monoisotopic (exact) mass is 226 g/mol. The van der Waals surface area contributed by atoms with Crippen LogP contribution in [0.15, 0.2) is 43.2 Å². The summed E-state index contributed by atoms with van der Waals surface area (Å²) in [4.78, 5) is 15.0. The molecule has 2 aromatic heterocycles. The Bertz CT molecular complexity index is 541. The van der Waals surface area contributed by atoms with Crippen molar-refractivity contribution in [3.63, 3.8) is 0 Å². The van der Waals surface area contributed by atoms with E-state index < -0.39 is 0 Å². The number of carbonyl (C=O) groups is 1. The fraction of sp³-hybridized carbons (Fsp3) is 0.143. The molecule has 0 bridgehead atoms. The van der Waals surface area contributed by atoms with Gasteiger partial charge in [-0.1, -0.05) is 6.08 Å². The molecular weight excluding hydrogens is 212 g/mol. The fourth-order valence-corrected chi connectivity index (χ4v) is 1.91. The van der Waals surface area contributed by atoms with Crippen molar-refractivity contribution >= 4 is 6.29 Å². The van der Waals surface area contributed by atoms with E-state index in [9.17, 15) is 4.79 Å². The maximum Gasteiger partial charge on any atom is 0.151 e. The van der Waals surface area contributed by atoms with Crippen molar-refractivity contribution in [2.45, 2.75) is 13.5 Å². The van der Waals surface area contributed by atoms with Gasteiger partial charge in [0.1, 0.15) is 0 Å². The molecule has 0 aliphatic carbocycles. The molecule has 17 heavy (non-hydrogen) atoms. The molecule has 0 spiro atoms. The van der Waals surface area contributed by atoms with Gasteiger partial charge < -0.3 is 4.57 Å². The van der Waals surface area contributed by atoms with E-state index in [0.717, 1.165) is 28.8 Å². The van der Waals surface area contributed by atoms with Crippen LogP contribution in [0, 0.1) is 6.92 Å². The van der Waals surface area contributed by atoms with E-state index in [-0.39, 0.29) is 0 Å². The molecule has 2 aromatic rings. The Morgan fingerprint density at radius 2 is 2.12 bits per heavy atom. The second kappa shape index (κ2) is 4.78. The number of nitrogens with zero attached hydrogens (tertiary/aromatic N) is 2. The first-order valence-corrected chi connectivity index (χ1v) is 5.44. The third kappa shape index (κ3) is 2.04. The van der Waals surface area contributed by atoms with E-state index >= 15 is 0 Å². The Morgan fingerprint density at radius 1 is 1.41 bits per heavy atom. The van der Waals surface area contributed by atoms with Crippen LogP contribution in [0.2, 0.25) is 0 Å². The van der Waals surface area contributed by atoms with Gasteiger partial charge in [-0.05, 0) is 25.1 Å². The SMILES string of the molecule is C=CCn1c(-c2ccncc2)cc(C=O)c1C. The Balaban J connectivity index is 2.60. The van der Waals surface area contributed by atoms with Crippen LogP contribution in [0.4, 0.5) is 0 Å². The quantitative estimate of drug-likeness (QED) is 0.593. The molecule has 0 saturated carbocycles. The van der Waals surface area contributed by atoms with E-state index in [0.29, 0.717) is 6.54 Å². The number of hydrogen-bond acceptors (Lipinski definition) is 2. The van der Waals surface area contributed by atoms with Gasteiger partial charge in [-0.3, -0.25) is 9.78 Å². The average Bonchev–Trinajstić information content (AvgIpc) is 2.69. The molecule has 0 unspecified atom stereocenters. The summed E-state index contributed by atoms with van der Waals surface area (Å²) < 4.78 is 2.08. The van der Waals surface area contributed by atoms with Gasteiger partial charge in [0.15, 0.2) is 6.29 Å². The number of carbonyl (C=O) groups excluding carboxylic acids is 1. The Hall–Kier alpha value is -2.16. The summed E-state index contributed by atoms with van der Waals surface area (Å²) in [6.45, 7) is 6.38. The van der Waals surface area contributed by atoms with Gasteiger partial charge in [-0.15, -0.1) is 6.58 Å². The highest BCUT2D eigenvalue weighted by molar-refractivity contribution is 5.80. The molecule has 0 radical (unpaired) electrons. The smallest absolute Gasteiger partial charge is 0.151 e. The predicted molar refractivity (Wildman–Crippen MR) is 68.0 cm³/mol. The number of hydrogen-bond donors (Lipinski definition) is 0. The van der Waals surface area contributed by atoms with E-state index in [2.05, 4.69) is 16.1 Å². The highest BCUT2D eigenvalue weighted by atomic mass is 16.1. The molecule has 2 rings (SSSR count). The van der Waals surface area contributed by atoms with Crippen molar-refractivity contribution in [2.24, 2.45) is 0 Å². The van der Waals surface area contributed by atoms with Crippen molar-refractivity contribution in [1.82, 2.24) is 9.55 Å². The van der Waals surface area contributed by atoms with Crippen LogP contribution in [0.3, 0.4) is 0 Å². The lowest BCUT2D eigenvalue weighted by molar-refractivity contribution is 0.112. The van der Waals surface area contributed by atoms with E-state index in [1.165, 1.54) is 0 Å². The summed E-state index contributed by atoms with van der Waals surface area (Å²) in [5.41, 5.74) is 3.76. The molecule has 86 valence electrons. The predicted octanol–water partition coefficient (Wildman–Crippen LogP) is 2.86. The van der Waals surface area contributed by atoms with Gasteiger partial charge in [-0.25, -0.2) is 0 Å². The Kier molecular flexibility index (Phi) is 3.19. The van der Waals surface area contributed by atoms with Gasteiger partial charge in [0, 0.05) is 41.5 Å². The highest BCUT2D eigenvalue weighted by Gasteiger charge is 2.11. The zero-order valence-electron chi connectivity index (χ0n) is 9.76. The maximum absolute atomic E-state index is 11.0. The normalized spacial score (nSPS) is 10.2. The topological polar surface area (TPSA) is 34.9 Å². The van der Waals surface area contributed by atoms with Crippen molar-refractivity contribution in [3.05, 3.63) is 54.5 Å². The summed E-state index contributed by atoms with van der Waals surface area (Å²) in [7, 11) is 0. The maximum atomic E-state index is 11.0. The Morgan fingerprint density at radius 3 is 2.71 bits per heavy atom. The van der Waals surface area contributed by atoms with Crippen molar-refractivity contribution in [2.75, 3.05) is 0 Å². The summed E-state index contributed by atoms with van der Waals surface area (Å²) in [5.74, 6) is 0. The van der Waals surface area contributed by atoms with Gasteiger partial charge in [0.25, 0.3) is 0 Å². The van der Waals surface area contributed by atoms with Crippen molar-refractivity contribution < 1.29 is 4.79 Å². The summed E-state index contributed by atoms with van der Waals surface area (Å²) in [5, 5.41) is 0. The second-order valence-electron chi connectivity index (χ2n) is 3.82. The van der Waals surface area contributed by atoms with Crippen LogP contribution < -0.4 is 0 Å². The minimum Gasteiger partial charge on any atom is -0.340 e. The number of rotatable bonds is 4. The molecule has 0 amide bonds. The number of pyridine rings is 1. The third-order valence-electron chi connectivity index (χ3n) is 2.82. The minimum atomic E-state index is 0.692. The molecule has 3 nitrogen and oxygen atoms in total. The molecular formula is C14H14N2O. The van der Waals surface area contributed by atoms with Crippen molar-refractivity contribution in [1.29, 1.82) is 0 Å². The van der Waals surface area contributed by atoms with Crippen LogP contribution in [0.1, 0.15) is 16.1 Å². The lowest BCUT2D eigenvalue weighted by atomic mass is 10.2. The molecule has 0 saturated heterocycles. The molecule has 0 atom stereocenters. The first-order valence-electron chi connectivity index (χ1n) is 5.44. The number of aromatic nitrogens is 2. The molecule has 0 aliphatic rings. The van der Waals surface area contributed by atoms with Crippen LogP contribution in [-0.4, -0.2) is 15.8 Å². The van der Waals surface area contributed by atoms with Gasteiger partial charge in [0.05, 0.1) is 0 Å². The van der Waals surface area contributed by atoms with Crippen LogP contribution >= 0.6 is 0 Å². The van der Waals surface area contributed by atoms with Crippen molar-refractivity contribution in [3.8, 4) is 11.3 Å². The third-order valence-corrected chi connectivity index (χ3v) is 2.82. The standard InChI is InChI=1S/C14H14N2O/c1-3-8-16-11(2)13(10-17)9-14(16)12-4-6-15-7-5-12/h3-7,9-10H,1,8H2,2H3. The van der Waals surface area contributed by atoms with E-state index in [1.54, 1.807) is 12.4 Å². The summed E-state index contributed by atoms with van der Waals surface area (Å²) in [6.07, 6.45) is 6.21. The van der Waals surface area contributed by atoms with E-state index in [1.807, 2.05) is 31.2 Å². The molecule has 0 N–H and O–H groups in total. The molecule has 0 aliphatic heterocycles. The average molecular weight is 226 g/mol. The largest absolute Gasteiger partial charge is 0.340 e. The zero-order chi connectivity index (χ0) is 12.3. The summed E-state index contributed by atoms with van der Waals surface area (Å²) in [6, 6.07) is 5.77. The lowest BCUT2D eigenvalue weighted by Crippen LogP contribution is -2.00. The van der Waals surface area contributed by atoms with Gasteiger partial charge >= 0.3 is 0 Å². The molecule has 0 aromatic carbocycles. The summed E-state index contributed by atoms with van der Waals surface area (Å²) >= 11 is 0. The molecule has 2 heterocycles. The van der Waals surface area contributed by atoms with Crippen LogP contribution in [0.5, 0.6) is 0 Å². The minimum absolute atomic E-state index is 0.692. The first-order chi connectivity index (χ1) is 8.27. The molecule has 0 fully saturated rings. The molecule has 3 heteroatoms. The first kappa shape index (κ1) is 11.3. The number of allylic oxidation sites excluding steroid dienone is 1. The number of aldehydes is 1. The van der Waals surface area contributed by atoms with Crippen LogP contribution in [-0.2, 0) is 6.54 Å². The second-order valence-corrected chi connectivity index (χ2v) is 3.82. The van der Waals surface area contributed by atoms with Crippen LogP contribution in [0.25, 0.3) is 11.3 Å². The van der Waals surface area contributed by atoms with Gasteiger partial charge in [0.2, 0.25) is 0 Å². The van der Waals surface area contributed by atoms with Gasteiger partial charge in [-0.2, -0.15) is 0 Å².